The van der Waals surface area contributed by atoms with E-state index < -0.39 is 0 Å². The van der Waals surface area contributed by atoms with Gasteiger partial charge in [0, 0.05) is 29.9 Å². The second kappa shape index (κ2) is 4.34. The molecule has 0 fully saturated rings. The van der Waals surface area contributed by atoms with E-state index in [-0.39, 0.29) is 0 Å². The van der Waals surface area contributed by atoms with Crippen molar-refractivity contribution < 1.29 is 0 Å². The van der Waals surface area contributed by atoms with E-state index in [2.05, 4.69) is 15.4 Å². The van der Waals surface area contributed by atoms with E-state index in [0.29, 0.717) is 0 Å². The summed E-state index contributed by atoms with van der Waals surface area (Å²) in [6, 6.07) is 0. The van der Waals surface area contributed by atoms with Crippen LogP contribution in [0.5, 0.6) is 0 Å². The van der Waals surface area contributed by atoms with Gasteiger partial charge in [-0.1, -0.05) is 0 Å². The predicted octanol–water partition coefficient (Wildman–Crippen LogP) is 1.11. The summed E-state index contributed by atoms with van der Waals surface area (Å²) in [6.07, 6.45) is 5.74. The number of hydrogen-bond acceptors (Lipinski definition) is 4. The Hall–Kier alpha value is -1.20. The van der Waals surface area contributed by atoms with Gasteiger partial charge in [-0.15, -0.1) is 11.3 Å². The molecule has 0 atom stereocenters. The van der Waals surface area contributed by atoms with Crippen LogP contribution in [0.4, 0.5) is 0 Å². The molecule has 1 N–H and O–H groups in total. The largest absolute Gasteiger partial charge is 0.316 e. The Morgan fingerprint density at radius 2 is 2.50 bits per heavy atom. The van der Waals surface area contributed by atoms with Crippen molar-refractivity contribution in [1.29, 1.82) is 0 Å². The number of thiazole rings is 1. The summed E-state index contributed by atoms with van der Waals surface area (Å²) in [4.78, 5) is 4.21. The van der Waals surface area contributed by atoms with Crippen molar-refractivity contribution in [2.75, 3.05) is 7.05 Å². The van der Waals surface area contributed by atoms with Crippen LogP contribution < -0.4 is 5.32 Å². The molecule has 0 aliphatic heterocycles. The molecule has 5 heteroatoms. The van der Waals surface area contributed by atoms with Gasteiger partial charge < -0.3 is 5.32 Å². The Morgan fingerprint density at radius 1 is 1.57 bits per heavy atom. The van der Waals surface area contributed by atoms with E-state index in [9.17, 15) is 0 Å². The molecule has 0 radical (unpaired) electrons. The highest BCUT2D eigenvalue weighted by Crippen LogP contribution is 2.06. The molecule has 0 bridgehead atoms. The van der Waals surface area contributed by atoms with E-state index >= 15 is 0 Å². The quantitative estimate of drug-likeness (QED) is 0.818. The minimum absolute atomic E-state index is 0.765. The van der Waals surface area contributed by atoms with E-state index in [4.69, 9.17) is 0 Å². The summed E-state index contributed by atoms with van der Waals surface area (Å²) < 4.78 is 1.91. The van der Waals surface area contributed by atoms with Gasteiger partial charge >= 0.3 is 0 Å². The van der Waals surface area contributed by atoms with Gasteiger partial charge in [0.2, 0.25) is 0 Å². The zero-order chi connectivity index (χ0) is 9.80. The normalized spacial score (nSPS) is 10.6. The van der Waals surface area contributed by atoms with Crippen molar-refractivity contribution in [3.8, 4) is 0 Å². The third-order valence-electron chi connectivity index (χ3n) is 1.85. The topological polar surface area (TPSA) is 42.7 Å². The number of aromatic nitrogens is 3. The molecule has 2 heterocycles. The molecule has 2 aromatic heterocycles. The second-order valence-electron chi connectivity index (χ2n) is 3.00. The van der Waals surface area contributed by atoms with Gasteiger partial charge in [-0.25, -0.2) is 4.98 Å². The molecule has 0 unspecified atom stereocenters. The lowest BCUT2D eigenvalue weighted by Gasteiger charge is -1.96. The van der Waals surface area contributed by atoms with Crippen LogP contribution in [0.25, 0.3) is 0 Å². The van der Waals surface area contributed by atoms with Crippen molar-refractivity contribution in [1.82, 2.24) is 20.1 Å². The van der Waals surface area contributed by atoms with Crippen LogP contribution >= 0.6 is 11.3 Å². The summed E-state index contributed by atoms with van der Waals surface area (Å²) in [5.41, 5.74) is 1.20. The first-order chi connectivity index (χ1) is 6.88. The lowest BCUT2D eigenvalue weighted by atomic mass is 10.4. The van der Waals surface area contributed by atoms with Crippen molar-refractivity contribution in [2.24, 2.45) is 0 Å². The zero-order valence-corrected chi connectivity index (χ0v) is 8.79. The van der Waals surface area contributed by atoms with E-state index in [1.54, 1.807) is 11.3 Å². The molecule has 4 nitrogen and oxygen atoms in total. The Kier molecular flexibility index (Phi) is 2.90. The van der Waals surface area contributed by atoms with Crippen molar-refractivity contribution in [2.45, 2.75) is 13.1 Å². The molecule has 0 amide bonds. The van der Waals surface area contributed by atoms with Gasteiger partial charge in [-0.2, -0.15) is 5.10 Å². The van der Waals surface area contributed by atoms with Gasteiger partial charge in [-0.3, -0.25) is 4.68 Å². The number of rotatable bonds is 4. The highest BCUT2D eigenvalue weighted by molar-refractivity contribution is 7.09. The molecule has 0 aliphatic rings. The Bertz CT molecular complexity index is 379. The van der Waals surface area contributed by atoms with Crippen LogP contribution in [0.2, 0.25) is 0 Å². The molecule has 0 saturated heterocycles. The van der Waals surface area contributed by atoms with Gasteiger partial charge in [0.25, 0.3) is 0 Å². The molecule has 74 valence electrons. The highest BCUT2D eigenvalue weighted by Gasteiger charge is 2.00. The predicted molar refractivity (Wildman–Crippen MR) is 56.2 cm³/mol. The lowest BCUT2D eigenvalue weighted by Crippen LogP contribution is -2.04. The average Bonchev–Trinajstić information content (AvgIpc) is 2.79. The minimum atomic E-state index is 0.765. The Morgan fingerprint density at radius 3 is 3.21 bits per heavy atom. The number of nitrogens with one attached hydrogen (secondary N) is 1. The fourth-order valence-electron chi connectivity index (χ4n) is 1.26. The third-order valence-corrected chi connectivity index (χ3v) is 2.61. The molecular weight excluding hydrogens is 196 g/mol. The fourth-order valence-corrected chi connectivity index (χ4v) is 1.87. The third kappa shape index (κ3) is 2.18. The van der Waals surface area contributed by atoms with Crippen LogP contribution in [0.1, 0.15) is 10.6 Å². The Balaban J connectivity index is 2.03. The number of hydrogen-bond donors (Lipinski definition) is 1. The van der Waals surface area contributed by atoms with Crippen molar-refractivity contribution >= 4 is 11.3 Å². The molecule has 0 saturated carbocycles. The fraction of sp³-hybridized carbons (Fsp3) is 0.333. The smallest absolute Gasteiger partial charge is 0.114 e. The first-order valence-corrected chi connectivity index (χ1v) is 5.31. The molecule has 0 aromatic carbocycles. The lowest BCUT2D eigenvalue weighted by molar-refractivity contribution is 0.681. The van der Waals surface area contributed by atoms with Gasteiger partial charge in [0.15, 0.2) is 0 Å². The minimum Gasteiger partial charge on any atom is -0.316 e. The van der Waals surface area contributed by atoms with Crippen molar-refractivity contribution in [3.63, 3.8) is 0 Å². The van der Waals surface area contributed by atoms with Crippen LogP contribution in [-0.4, -0.2) is 21.8 Å². The van der Waals surface area contributed by atoms with Gasteiger partial charge in [0.05, 0.1) is 12.7 Å². The maximum Gasteiger partial charge on any atom is 0.114 e. The number of nitrogens with zero attached hydrogens (tertiary/aromatic N) is 3. The van der Waals surface area contributed by atoms with Crippen LogP contribution in [-0.2, 0) is 13.1 Å². The summed E-state index contributed by atoms with van der Waals surface area (Å²) >= 11 is 1.65. The molecule has 0 aliphatic carbocycles. The van der Waals surface area contributed by atoms with Crippen LogP contribution in [0.15, 0.2) is 24.0 Å². The SMILES string of the molecule is CNCc1cnn(Cc2nccs2)c1. The first kappa shape index (κ1) is 9.36. The highest BCUT2D eigenvalue weighted by atomic mass is 32.1. The maximum absolute atomic E-state index is 4.25. The standard InChI is InChI=1S/C9H12N4S/c1-10-4-8-5-12-13(6-8)7-9-11-2-3-14-9/h2-3,5-6,10H,4,7H2,1H3. The molecular formula is C9H12N4S. The van der Waals surface area contributed by atoms with E-state index in [1.807, 2.05) is 35.7 Å². The monoisotopic (exact) mass is 208 g/mol. The summed E-state index contributed by atoms with van der Waals surface area (Å²) in [5, 5.41) is 10.4. The summed E-state index contributed by atoms with van der Waals surface area (Å²) in [7, 11) is 1.93. The summed E-state index contributed by atoms with van der Waals surface area (Å²) in [5.74, 6) is 0. The first-order valence-electron chi connectivity index (χ1n) is 4.43. The zero-order valence-electron chi connectivity index (χ0n) is 7.97. The molecule has 2 rings (SSSR count). The van der Waals surface area contributed by atoms with Crippen molar-refractivity contribution in [3.05, 3.63) is 34.5 Å². The second-order valence-corrected chi connectivity index (χ2v) is 3.98. The molecule has 0 spiro atoms. The molecule has 2 aromatic rings. The van der Waals surface area contributed by atoms with E-state index in [1.165, 1.54) is 5.56 Å². The summed E-state index contributed by atoms with van der Waals surface area (Å²) in [6.45, 7) is 1.62. The average molecular weight is 208 g/mol. The Labute approximate surface area is 86.6 Å². The molecule has 14 heavy (non-hydrogen) atoms. The van der Waals surface area contributed by atoms with Crippen LogP contribution in [0, 0.1) is 0 Å². The van der Waals surface area contributed by atoms with Gasteiger partial charge in [0.1, 0.15) is 5.01 Å². The van der Waals surface area contributed by atoms with Crippen LogP contribution in [0.3, 0.4) is 0 Å². The maximum atomic E-state index is 4.25. The van der Waals surface area contributed by atoms with Gasteiger partial charge in [-0.05, 0) is 7.05 Å². The van der Waals surface area contributed by atoms with E-state index in [0.717, 1.165) is 18.1 Å².